The van der Waals surface area contributed by atoms with E-state index < -0.39 is 0 Å². The number of carbonyl (C=O) groups is 2. The van der Waals surface area contributed by atoms with E-state index >= 15 is 0 Å². The average Bonchev–Trinajstić information content (AvgIpc) is 2.51. The van der Waals surface area contributed by atoms with E-state index in [2.05, 4.69) is 0 Å². The average molecular weight is 302 g/mol. The molecule has 0 aromatic heterocycles. The Morgan fingerprint density at radius 2 is 1.20 bits per heavy atom. The summed E-state index contributed by atoms with van der Waals surface area (Å²) in [6.45, 7) is 0. The van der Waals surface area contributed by atoms with Crippen molar-refractivity contribution in [2.24, 2.45) is 0 Å². The number of ketones is 2. The molecule has 2 aliphatic carbocycles. The fourth-order valence-electron chi connectivity index (χ4n) is 3.16. The number of aryl methyl sites for hydroxylation is 2. The standard InChI is InChI=1S/C16H14O2S2/c17-13-11-7-9-3-1-2-4-10(9)8-12(11)14(18)16-15(13)19-5-6-20-16/h7-8H,1-6H2. The molecule has 1 aliphatic heterocycles. The minimum Gasteiger partial charge on any atom is -0.288 e. The highest BCUT2D eigenvalue weighted by atomic mass is 32.2. The Labute approximate surface area is 126 Å². The van der Waals surface area contributed by atoms with Gasteiger partial charge in [-0.25, -0.2) is 0 Å². The lowest BCUT2D eigenvalue weighted by molar-refractivity contribution is 0.0988. The van der Waals surface area contributed by atoms with Crippen LogP contribution < -0.4 is 0 Å². The number of fused-ring (bicyclic) bond motifs is 2. The van der Waals surface area contributed by atoms with Gasteiger partial charge in [0.2, 0.25) is 11.6 Å². The molecule has 2 nitrogen and oxygen atoms in total. The molecule has 0 spiro atoms. The highest BCUT2D eigenvalue weighted by Crippen LogP contribution is 2.42. The van der Waals surface area contributed by atoms with Gasteiger partial charge in [-0.1, -0.05) is 0 Å². The van der Waals surface area contributed by atoms with E-state index in [4.69, 9.17) is 0 Å². The summed E-state index contributed by atoms with van der Waals surface area (Å²) < 4.78 is 0. The highest BCUT2D eigenvalue weighted by molar-refractivity contribution is 8.11. The first-order valence-electron chi connectivity index (χ1n) is 7.01. The minimum atomic E-state index is 0.0696. The van der Waals surface area contributed by atoms with Crippen LogP contribution in [0.2, 0.25) is 0 Å². The van der Waals surface area contributed by atoms with Crippen LogP contribution in [0.3, 0.4) is 0 Å². The predicted octanol–water partition coefficient (Wildman–Crippen LogP) is 3.64. The molecule has 0 unspecified atom stereocenters. The van der Waals surface area contributed by atoms with E-state index in [1.54, 1.807) is 23.5 Å². The van der Waals surface area contributed by atoms with Gasteiger partial charge >= 0.3 is 0 Å². The Morgan fingerprint density at radius 3 is 1.65 bits per heavy atom. The zero-order chi connectivity index (χ0) is 13.7. The largest absolute Gasteiger partial charge is 0.288 e. The summed E-state index contributed by atoms with van der Waals surface area (Å²) in [4.78, 5) is 26.7. The molecule has 4 rings (SSSR count). The highest BCUT2D eigenvalue weighted by Gasteiger charge is 2.35. The monoisotopic (exact) mass is 302 g/mol. The molecular weight excluding hydrogens is 288 g/mol. The van der Waals surface area contributed by atoms with Crippen LogP contribution in [-0.4, -0.2) is 23.1 Å². The first-order valence-corrected chi connectivity index (χ1v) is 8.98. The normalized spacial score (nSPS) is 21.4. The summed E-state index contributed by atoms with van der Waals surface area (Å²) in [6.07, 6.45) is 4.45. The van der Waals surface area contributed by atoms with E-state index in [1.807, 2.05) is 12.1 Å². The third-order valence-corrected chi connectivity index (χ3v) is 6.73. The van der Waals surface area contributed by atoms with Crippen molar-refractivity contribution in [1.82, 2.24) is 0 Å². The van der Waals surface area contributed by atoms with Crippen LogP contribution in [0.15, 0.2) is 21.9 Å². The van der Waals surface area contributed by atoms with E-state index in [1.165, 1.54) is 24.0 Å². The molecule has 0 N–H and O–H groups in total. The molecule has 1 heterocycles. The van der Waals surface area contributed by atoms with Crippen LogP contribution in [0.4, 0.5) is 0 Å². The van der Waals surface area contributed by atoms with Gasteiger partial charge in [-0.2, -0.15) is 0 Å². The molecule has 20 heavy (non-hydrogen) atoms. The van der Waals surface area contributed by atoms with Gasteiger partial charge in [-0.05, 0) is 48.9 Å². The topological polar surface area (TPSA) is 34.1 Å². The number of thioether (sulfide) groups is 2. The lowest BCUT2D eigenvalue weighted by Gasteiger charge is -2.26. The van der Waals surface area contributed by atoms with E-state index in [0.717, 1.165) is 24.3 Å². The first kappa shape index (κ1) is 12.7. The quantitative estimate of drug-likeness (QED) is 0.733. The van der Waals surface area contributed by atoms with Gasteiger partial charge in [0.1, 0.15) is 0 Å². The van der Waals surface area contributed by atoms with Crippen LogP contribution in [0.1, 0.15) is 44.7 Å². The molecule has 4 heteroatoms. The molecule has 0 fully saturated rings. The molecule has 0 saturated carbocycles. The maximum absolute atomic E-state index is 12.6. The minimum absolute atomic E-state index is 0.0696. The zero-order valence-electron chi connectivity index (χ0n) is 11.0. The summed E-state index contributed by atoms with van der Waals surface area (Å²) in [5.74, 6) is 1.98. The fraction of sp³-hybridized carbons (Fsp3) is 0.375. The fourth-order valence-corrected chi connectivity index (χ4v) is 5.52. The molecule has 0 bridgehead atoms. The van der Waals surface area contributed by atoms with E-state index in [0.29, 0.717) is 20.9 Å². The third kappa shape index (κ3) is 1.81. The third-order valence-electron chi connectivity index (χ3n) is 4.17. The molecule has 0 saturated heterocycles. The van der Waals surface area contributed by atoms with Crippen molar-refractivity contribution in [3.8, 4) is 0 Å². The Bertz CT molecular complexity index is 616. The number of hydrogen-bond acceptors (Lipinski definition) is 4. The predicted molar refractivity (Wildman–Crippen MR) is 83.7 cm³/mol. The first-order chi connectivity index (χ1) is 9.75. The number of Topliss-reactive ketones (excluding diaryl/α,β-unsaturated/α-hetero) is 2. The second kappa shape index (κ2) is 4.78. The van der Waals surface area contributed by atoms with Crippen LogP contribution in [0, 0.1) is 0 Å². The summed E-state index contributed by atoms with van der Waals surface area (Å²) in [5, 5.41) is 0. The molecule has 0 amide bonds. The van der Waals surface area contributed by atoms with Gasteiger partial charge in [0.05, 0.1) is 9.81 Å². The molecular formula is C16H14O2S2. The maximum atomic E-state index is 12.6. The van der Waals surface area contributed by atoms with Gasteiger partial charge in [-0.3, -0.25) is 9.59 Å². The van der Waals surface area contributed by atoms with Crippen molar-refractivity contribution < 1.29 is 9.59 Å². The lowest BCUT2D eigenvalue weighted by atomic mass is 9.84. The molecule has 0 radical (unpaired) electrons. The second-order valence-electron chi connectivity index (χ2n) is 5.39. The van der Waals surface area contributed by atoms with Crippen LogP contribution in [0.25, 0.3) is 0 Å². The zero-order valence-corrected chi connectivity index (χ0v) is 12.7. The summed E-state index contributed by atoms with van der Waals surface area (Å²) >= 11 is 3.10. The van der Waals surface area contributed by atoms with Gasteiger partial charge in [-0.15, -0.1) is 23.5 Å². The van der Waals surface area contributed by atoms with Crippen molar-refractivity contribution in [3.05, 3.63) is 44.2 Å². The smallest absolute Gasteiger partial charge is 0.201 e. The Morgan fingerprint density at radius 1 is 0.750 bits per heavy atom. The number of benzene rings is 1. The maximum Gasteiger partial charge on any atom is 0.201 e. The Balaban J connectivity index is 1.90. The van der Waals surface area contributed by atoms with Crippen molar-refractivity contribution in [3.63, 3.8) is 0 Å². The van der Waals surface area contributed by atoms with E-state index in [-0.39, 0.29) is 11.6 Å². The SMILES string of the molecule is O=C1C2=C(SCCS2)C(=O)c2cc3c(cc21)CCCC3. The molecule has 102 valence electrons. The van der Waals surface area contributed by atoms with Crippen LogP contribution in [-0.2, 0) is 12.8 Å². The molecule has 0 atom stereocenters. The number of hydrogen-bond donors (Lipinski definition) is 0. The Kier molecular flexibility index (Phi) is 3.04. The van der Waals surface area contributed by atoms with Crippen LogP contribution >= 0.6 is 23.5 Å². The van der Waals surface area contributed by atoms with Crippen molar-refractivity contribution in [1.29, 1.82) is 0 Å². The molecule has 1 aromatic rings. The molecule has 1 aromatic carbocycles. The lowest BCUT2D eigenvalue weighted by Crippen LogP contribution is -2.23. The Hall–Kier alpha value is -1.00. The van der Waals surface area contributed by atoms with Gasteiger partial charge in [0.25, 0.3) is 0 Å². The van der Waals surface area contributed by atoms with Gasteiger partial charge < -0.3 is 0 Å². The van der Waals surface area contributed by atoms with Crippen molar-refractivity contribution in [2.45, 2.75) is 25.7 Å². The number of rotatable bonds is 0. The second-order valence-corrected chi connectivity index (χ2v) is 7.60. The summed E-state index contributed by atoms with van der Waals surface area (Å²) in [6, 6.07) is 3.99. The number of carbonyl (C=O) groups excluding carboxylic acids is 2. The van der Waals surface area contributed by atoms with Crippen molar-refractivity contribution >= 4 is 35.1 Å². The van der Waals surface area contributed by atoms with Crippen molar-refractivity contribution in [2.75, 3.05) is 11.5 Å². The summed E-state index contributed by atoms with van der Waals surface area (Å²) in [7, 11) is 0. The summed E-state index contributed by atoms with van der Waals surface area (Å²) in [5.41, 5.74) is 3.83. The van der Waals surface area contributed by atoms with Crippen LogP contribution in [0.5, 0.6) is 0 Å². The van der Waals surface area contributed by atoms with E-state index in [9.17, 15) is 9.59 Å². The molecule has 3 aliphatic rings. The number of allylic oxidation sites excluding steroid dienone is 2. The van der Waals surface area contributed by atoms with Gasteiger partial charge in [0, 0.05) is 22.6 Å². The van der Waals surface area contributed by atoms with Gasteiger partial charge in [0.15, 0.2) is 0 Å².